The highest BCUT2D eigenvalue weighted by atomic mass is 32.2. The molecule has 1 N–H and O–H groups in total. The molecule has 0 radical (unpaired) electrons. The van der Waals surface area contributed by atoms with Gasteiger partial charge in [0, 0.05) is 31.1 Å². The van der Waals surface area contributed by atoms with Crippen LogP contribution in [0.5, 0.6) is 5.75 Å². The Morgan fingerprint density at radius 2 is 2.09 bits per heavy atom. The maximum Gasteiger partial charge on any atom is 0.322 e. The first-order valence-corrected chi connectivity index (χ1v) is 9.04. The standard InChI is InChI=1S/C14H20N2O5S/c1-22(18,19)10-9-21-13-4-2-3-12(11-13)15-14(17)16-5-7-20-8-6-16/h2-4,11H,5-10H2,1H3,(H,15,17). The number of anilines is 1. The molecule has 0 atom stereocenters. The van der Waals surface area contributed by atoms with Gasteiger partial charge in [-0.3, -0.25) is 0 Å². The highest BCUT2D eigenvalue weighted by Gasteiger charge is 2.16. The molecular formula is C14H20N2O5S. The molecule has 0 unspecified atom stereocenters. The molecule has 1 aliphatic rings. The minimum atomic E-state index is -3.05. The number of morpholine rings is 1. The third-order valence-corrected chi connectivity index (χ3v) is 4.01. The lowest BCUT2D eigenvalue weighted by Gasteiger charge is -2.26. The van der Waals surface area contributed by atoms with Gasteiger partial charge in [0.05, 0.1) is 19.0 Å². The van der Waals surface area contributed by atoms with Crippen LogP contribution in [-0.2, 0) is 14.6 Å². The van der Waals surface area contributed by atoms with Crippen LogP contribution in [0, 0.1) is 0 Å². The Hall–Kier alpha value is -1.80. The summed E-state index contributed by atoms with van der Waals surface area (Å²) in [5.41, 5.74) is 0.605. The van der Waals surface area contributed by atoms with Crippen LogP contribution in [0.4, 0.5) is 10.5 Å². The number of nitrogens with zero attached hydrogens (tertiary/aromatic N) is 1. The summed E-state index contributed by atoms with van der Waals surface area (Å²) in [4.78, 5) is 13.7. The fourth-order valence-corrected chi connectivity index (χ4v) is 2.33. The highest BCUT2D eigenvalue weighted by molar-refractivity contribution is 7.90. The Kier molecular flexibility index (Phi) is 5.62. The Bertz CT molecular complexity index is 611. The summed E-state index contributed by atoms with van der Waals surface area (Å²) in [5, 5.41) is 2.79. The number of hydrogen-bond acceptors (Lipinski definition) is 5. The van der Waals surface area contributed by atoms with Crippen molar-refractivity contribution in [3.63, 3.8) is 0 Å². The number of carbonyl (C=O) groups is 1. The van der Waals surface area contributed by atoms with Gasteiger partial charge >= 0.3 is 6.03 Å². The number of urea groups is 1. The SMILES string of the molecule is CS(=O)(=O)CCOc1cccc(NC(=O)N2CCOCC2)c1. The van der Waals surface area contributed by atoms with Crippen LogP contribution >= 0.6 is 0 Å². The van der Waals surface area contributed by atoms with Gasteiger partial charge in [-0.25, -0.2) is 13.2 Å². The molecule has 1 saturated heterocycles. The molecule has 2 amide bonds. The molecule has 1 aliphatic heterocycles. The molecule has 7 nitrogen and oxygen atoms in total. The summed E-state index contributed by atoms with van der Waals surface area (Å²) in [7, 11) is -3.05. The predicted molar refractivity (Wildman–Crippen MR) is 83.1 cm³/mol. The van der Waals surface area contributed by atoms with Gasteiger partial charge in [0.2, 0.25) is 0 Å². The van der Waals surface area contributed by atoms with Gasteiger partial charge in [-0.05, 0) is 12.1 Å². The van der Waals surface area contributed by atoms with Crippen LogP contribution in [0.25, 0.3) is 0 Å². The minimum Gasteiger partial charge on any atom is -0.492 e. The lowest BCUT2D eigenvalue weighted by molar-refractivity contribution is 0.0564. The van der Waals surface area contributed by atoms with Crippen LogP contribution in [0.3, 0.4) is 0 Å². The average molecular weight is 328 g/mol. The van der Waals surface area contributed by atoms with E-state index in [4.69, 9.17) is 9.47 Å². The van der Waals surface area contributed by atoms with Crippen molar-refractivity contribution in [1.82, 2.24) is 4.90 Å². The van der Waals surface area contributed by atoms with Crippen molar-refractivity contribution >= 4 is 21.6 Å². The summed E-state index contributed by atoms with van der Waals surface area (Å²) < 4.78 is 32.7. The van der Waals surface area contributed by atoms with E-state index in [-0.39, 0.29) is 18.4 Å². The van der Waals surface area contributed by atoms with Crippen molar-refractivity contribution in [3.05, 3.63) is 24.3 Å². The molecule has 22 heavy (non-hydrogen) atoms. The van der Waals surface area contributed by atoms with Crippen molar-refractivity contribution in [3.8, 4) is 5.75 Å². The van der Waals surface area contributed by atoms with Gasteiger partial charge in [-0.1, -0.05) is 6.07 Å². The average Bonchev–Trinajstić information content (AvgIpc) is 2.47. The van der Waals surface area contributed by atoms with E-state index in [1.54, 1.807) is 29.2 Å². The van der Waals surface area contributed by atoms with Crippen molar-refractivity contribution in [2.75, 3.05) is 50.2 Å². The first kappa shape index (κ1) is 16.6. The highest BCUT2D eigenvalue weighted by Crippen LogP contribution is 2.18. The van der Waals surface area contributed by atoms with Crippen LogP contribution in [0.15, 0.2) is 24.3 Å². The van der Waals surface area contributed by atoms with Gasteiger partial charge in [0.25, 0.3) is 0 Å². The van der Waals surface area contributed by atoms with Crippen molar-refractivity contribution in [2.24, 2.45) is 0 Å². The second-order valence-corrected chi connectivity index (χ2v) is 7.30. The van der Waals surface area contributed by atoms with Crippen molar-refractivity contribution in [1.29, 1.82) is 0 Å². The van der Waals surface area contributed by atoms with E-state index in [1.165, 1.54) is 0 Å². The third kappa shape index (κ3) is 5.53. The van der Waals surface area contributed by atoms with E-state index >= 15 is 0 Å². The molecule has 0 aromatic heterocycles. The fraction of sp³-hybridized carbons (Fsp3) is 0.500. The Morgan fingerprint density at radius 1 is 1.36 bits per heavy atom. The molecule has 1 aromatic rings. The molecular weight excluding hydrogens is 308 g/mol. The zero-order chi connectivity index (χ0) is 16.0. The van der Waals surface area contributed by atoms with Crippen LogP contribution in [-0.4, -0.2) is 64.3 Å². The van der Waals surface area contributed by atoms with Crippen LogP contribution < -0.4 is 10.1 Å². The fourth-order valence-electron chi connectivity index (χ4n) is 1.94. The van der Waals surface area contributed by atoms with E-state index in [0.29, 0.717) is 37.7 Å². The number of carbonyl (C=O) groups excluding carboxylic acids is 1. The molecule has 0 spiro atoms. The Balaban J connectivity index is 1.89. The normalized spacial score (nSPS) is 15.4. The van der Waals surface area contributed by atoms with Crippen LogP contribution in [0.2, 0.25) is 0 Å². The largest absolute Gasteiger partial charge is 0.492 e. The smallest absolute Gasteiger partial charge is 0.322 e. The predicted octanol–water partition coefficient (Wildman–Crippen LogP) is 0.974. The van der Waals surface area contributed by atoms with E-state index in [2.05, 4.69) is 5.32 Å². The molecule has 8 heteroatoms. The number of rotatable bonds is 5. The van der Waals surface area contributed by atoms with Gasteiger partial charge in [0.1, 0.15) is 12.4 Å². The zero-order valence-electron chi connectivity index (χ0n) is 12.4. The van der Waals surface area contributed by atoms with Gasteiger partial charge in [0.15, 0.2) is 9.84 Å². The Morgan fingerprint density at radius 3 is 2.77 bits per heavy atom. The number of amides is 2. The molecule has 122 valence electrons. The maximum atomic E-state index is 12.1. The molecule has 2 rings (SSSR count). The second-order valence-electron chi connectivity index (χ2n) is 5.04. The number of ether oxygens (including phenoxy) is 2. The lowest BCUT2D eigenvalue weighted by Crippen LogP contribution is -2.43. The zero-order valence-corrected chi connectivity index (χ0v) is 13.3. The topological polar surface area (TPSA) is 84.9 Å². The molecule has 0 saturated carbocycles. The molecule has 1 fully saturated rings. The molecule has 0 aliphatic carbocycles. The van der Waals surface area contributed by atoms with Gasteiger partial charge < -0.3 is 19.7 Å². The molecule has 1 heterocycles. The summed E-state index contributed by atoms with van der Waals surface area (Å²) in [5.74, 6) is 0.473. The van der Waals surface area contributed by atoms with Crippen molar-refractivity contribution in [2.45, 2.75) is 0 Å². The number of hydrogen-bond donors (Lipinski definition) is 1. The number of sulfone groups is 1. The summed E-state index contributed by atoms with van der Waals surface area (Å²) in [6.07, 6.45) is 1.16. The lowest BCUT2D eigenvalue weighted by atomic mass is 10.3. The molecule has 0 bridgehead atoms. The van der Waals surface area contributed by atoms with E-state index in [0.717, 1.165) is 6.26 Å². The summed E-state index contributed by atoms with van der Waals surface area (Å²) >= 11 is 0. The number of benzene rings is 1. The third-order valence-electron chi connectivity index (χ3n) is 3.11. The first-order chi connectivity index (χ1) is 10.4. The van der Waals surface area contributed by atoms with Gasteiger partial charge in [-0.15, -0.1) is 0 Å². The van der Waals surface area contributed by atoms with Crippen molar-refractivity contribution < 1.29 is 22.7 Å². The Labute approximate surface area is 130 Å². The van der Waals surface area contributed by atoms with Crippen LogP contribution in [0.1, 0.15) is 0 Å². The van der Waals surface area contributed by atoms with E-state index < -0.39 is 9.84 Å². The van der Waals surface area contributed by atoms with E-state index in [1.807, 2.05) is 0 Å². The number of nitrogens with one attached hydrogen (secondary N) is 1. The molecule has 1 aromatic carbocycles. The first-order valence-electron chi connectivity index (χ1n) is 6.98. The minimum absolute atomic E-state index is 0.0443. The monoisotopic (exact) mass is 328 g/mol. The second kappa shape index (κ2) is 7.46. The summed E-state index contributed by atoms with van der Waals surface area (Å²) in [6, 6.07) is 6.69. The van der Waals surface area contributed by atoms with E-state index in [9.17, 15) is 13.2 Å². The maximum absolute atomic E-state index is 12.1. The quantitative estimate of drug-likeness (QED) is 0.871. The summed E-state index contributed by atoms with van der Waals surface area (Å²) in [6.45, 7) is 2.30. The van der Waals surface area contributed by atoms with Gasteiger partial charge in [-0.2, -0.15) is 0 Å².